The van der Waals surface area contributed by atoms with Crippen molar-refractivity contribution in [2.24, 2.45) is 23.7 Å². The van der Waals surface area contributed by atoms with E-state index >= 15 is 0 Å². The van der Waals surface area contributed by atoms with Crippen LogP contribution in [0.2, 0.25) is 0 Å². The standard InChI is InChI=1S/C61H72N6O6/c1-2-3-4-5-6-7-8-9-10-11-12-22-33-62-56(68)49-37-66(38-50(49)57(69)63-53-34-46(53)41-23-16-13-17-24-41)60(72)44-29-31-45(32-30-44)61(73)67-39-51(58(70)64-54-35-47(54)42-25-18-14-19-26-42)52(40-67)59(71)65-55-36-48(55)43-27-20-15-21-28-43/h1,13-21,23-32,46-55H,3-12,22,33-40H2,(H,62,68)(H,63,69)(H,64,70)(H,65,71)/t46-,47-,48-,49-,50-,51-,52-,53+,54+,55+/m1/s1. The van der Waals surface area contributed by atoms with Gasteiger partial charge in [0, 0.05) is 86.2 Å². The van der Waals surface area contributed by atoms with Crippen molar-refractivity contribution in [2.75, 3.05) is 32.7 Å². The molecule has 10 atom stereocenters. The average molecular weight is 985 g/mol. The summed E-state index contributed by atoms with van der Waals surface area (Å²) in [6.45, 7) is 0.874. The minimum atomic E-state index is -0.731. The van der Waals surface area contributed by atoms with E-state index in [4.69, 9.17) is 6.42 Å². The molecule has 0 aromatic heterocycles. The summed E-state index contributed by atoms with van der Waals surface area (Å²) in [6, 6.07) is 36.6. The van der Waals surface area contributed by atoms with E-state index in [1.807, 2.05) is 54.6 Å². The maximum atomic E-state index is 14.2. The topological polar surface area (TPSA) is 157 Å². The van der Waals surface area contributed by atoms with Crippen LogP contribution in [0.25, 0.3) is 0 Å². The summed E-state index contributed by atoms with van der Waals surface area (Å²) < 4.78 is 0. The Kier molecular flexibility index (Phi) is 17.0. The maximum absolute atomic E-state index is 14.2. The largest absolute Gasteiger partial charge is 0.356 e. The highest BCUT2D eigenvalue weighted by molar-refractivity contribution is 6.00. The van der Waals surface area contributed by atoms with Crippen molar-refractivity contribution >= 4 is 35.4 Å². The minimum absolute atomic E-state index is 0.0257. The second kappa shape index (κ2) is 24.3. The molecule has 2 saturated heterocycles. The Hall–Kier alpha value is -6.74. The molecule has 3 saturated carbocycles. The number of terminal acetylenes is 1. The van der Waals surface area contributed by atoms with Crippen molar-refractivity contribution in [2.45, 2.75) is 126 Å². The van der Waals surface area contributed by atoms with Gasteiger partial charge in [-0.05, 0) is 73.1 Å². The van der Waals surface area contributed by atoms with E-state index in [1.165, 1.54) is 44.1 Å². The van der Waals surface area contributed by atoms with Crippen molar-refractivity contribution in [3.05, 3.63) is 143 Å². The molecule has 5 fully saturated rings. The predicted molar refractivity (Wildman–Crippen MR) is 282 cm³/mol. The normalized spacial score (nSPS) is 25.5. The van der Waals surface area contributed by atoms with Gasteiger partial charge in [0.1, 0.15) is 0 Å². The second-order valence-corrected chi connectivity index (χ2v) is 21.3. The van der Waals surface area contributed by atoms with E-state index in [2.05, 4.69) is 63.6 Å². The van der Waals surface area contributed by atoms with Crippen LogP contribution in [0.4, 0.5) is 0 Å². The fraction of sp³-hybridized carbons (Fsp3) is 0.475. The van der Waals surface area contributed by atoms with Crippen LogP contribution in [0.3, 0.4) is 0 Å². The number of nitrogens with zero attached hydrogens (tertiary/aromatic N) is 2. The SMILES string of the molecule is C#CCCCCCCCCCCCCNC(=O)[C@@H]1CN(C(=O)c2ccc(C(=O)N3C[C@@H](C(=O)N[C@H]4C[C@@H]4c4ccccc4)[C@H](C(=O)N[C@H]4C[C@@H]4c4ccccc4)C3)cc2)C[C@H]1C(=O)N[C@H]1C[C@@H]1c1ccccc1. The zero-order valence-electron chi connectivity index (χ0n) is 42.1. The first-order valence-electron chi connectivity index (χ1n) is 27.1. The molecule has 4 aromatic rings. The monoisotopic (exact) mass is 985 g/mol. The molecular formula is C61H72N6O6. The zero-order chi connectivity index (χ0) is 50.7. The molecule has 73 heavy (non-hydrogen) atoms. The average Bonchev–Trinajstić information content (AvgIpc) is 4.39. The Morgan fingerprint density at radius 2 is 0.740 bits per heavy atom. The van der Waals surface area contributed by atoms with Gasteiger partial charge in [-0.25, -0.2) is 0 Å². The van der Waals surface area contributed by atoms with E-state index in [-0.39, 0.29) is 97.5 Å². The van der Waals surface area contributed by atoms with Gasteiger partial charge in [-0.2, -0.15) is 0 Å². The molecule has 0 spiro atoms. The molecule has 5 aliphatic rings. The van der Waals surface area contributed by atoms with Crippen LogP contribution in [0.5, 0.6) is 0 Å². The molecule has 6 amide bonds. The van der Waals surface area contributed by atoms with Crippen molar-refractivity contribution in [1.29, 1.82) is 0 Å². The first-order valence-corrected chi connectivity index (χ1v) is 27.1. The summed E-state index contributed by atoms with van der Waals surface area (Å²) in [6.07, 6.45) is 20.1. The number of nitrogens with one attached hydrogen (secondary N) is 4. The van der Waals surface area contributed by atoms with E-state index in [1.54, 1.807) is 34.1 Å². The molecule has 12 heteroatoms. The van der Waals surface area contributed by atoms with Crippen LogP contribution >= 0.6 is 0 Å². The number of hydrogen-bond acceptors (Lipinski definition) is 6. The van der Waals surface area contributed by atoms with Gasteiger partial charge in [0.2, 0.25) is 23.6 Å². The first-order chi connectivity index (χ1) is 35.7. The Balaban J connectivity index is 0.804. The fourth-order valence-corrected chi connectivity index (χ4v) is 11.4. The lowest BCUT2D eigenvalue weighted by atomic mass is 9.94. The first kappa shape index (κ1) is 51.2. The van der Waals surface area contributed by atoms with Crippen LogP contribution in [0.15, 0.2) is 115 Å². The Bertz CT molecular complexity index is 2510. The van der Waals surface area contributed by atoms with Gasteiger partial charge >= 0.3 is 0 Å². The van der Waals surface area contributed by atoms with Gasteiger partial charge in [0.05, 0.1) is 23.7 Å². The summed E-state index contributed by atoms with van der Waals surface area (Å²) in [4.78, 5) is 87.4. The van der Waals surface area contributed by atoms with Crippen molar-refractivity contribution < 1.29 is 28.8 Å². The summed E-state index contributed by atoms with van der Waals surface area (Å²) in [7, 11) is 0. The van der Waals surface area contributed by atoms with Crippen LogP contribution < -0.4 is 21.3 Å². The lowest BCUT2D eigenvalue weighted by Crippen LogP contribution is -2.43. The lowest BCUT2D eigenvalue weighted by molar-refractivity contribution is -0.133. The molecule has 2 heterocycles. The third-order valence-electron chi connectivity index (χ3n) is 16.0. The number of rotatable bonds is 24. The van der Waals surface area contributed by atoms with E-state index < -0.39 is 23.7 Å². The molecule has 0 bridgehead atoms. The van der Waals surface area contributed by atoms with Gasteiger partial charge in [-0.3, -0.25) is 28.8 Å². The molecule has 382 valence electrons. The van der Waals surface area contributed by atoms with E-state index in [0.29, 0.717) is 17.7 Å². The molecule has 0 radical (unpaired) electrons. The summed E-state index contributed by atoms with van der Waals surface area (Å²) in [5.74, 6) is -1.10. The minimum Gasteiger partial charge on any atom is -0.356 e. The number of amides is 6. The lowest BCUT2D eigenvalue weighted by Gasteiger charge is -2.18. The van der Waals surface area contributed by atoms with Crippen molar-refractivity contribution in [3.63, 3.8) is 0 Å². The van der Waals surface area contributed by atoms with Crippen LogP contribution in [0.1, 0.15) is 145 Å². The molecule has 12 nitrogen and oxygen atoms in total. The smallest absolute Gasteiger partial charge is 0.253 e. The van der Waals surface area contributed by atoms with Gasteiger partial charge in [0.15, 0.2) is 0 Å². The predicted octanol–water partition coefficient (Wildman–Crippen LogP) is 8.12. The molecule has 4 N–H and O–H groups in total. The van der Waals surface area contributed by atoms with Crippen LogP contribution in [0, 0.1) is 36.0 Å². The Labute approximate surface area is 431 Å². The number of carbonyl (C=O) groups is 6. The zero-order valence-corrected chi connectivity index (χ0v) is 42.1. The number of likely N-dealkylation sites (tertiary alicyclic amines) is 2. The third-order valence-corrected chi connectivity index (χ3v) is 16.0. The number of hydrogen-bond donors (Lipinski definition) is 4. The van der Waals surface area contributed by atoms with Gasteiger partial charge < -0.3 is 31.1 Å². The third kappa shape index (κ3) is 13.3. The molecule has 4 aromatic carbocycles. The van der Waals surface area contributed by atoms with E-state index in [0.717, 1.165) is 62.5 Å². The molecule has 9 rings (SSSR count). The van der Waals surface area contributed by atoms with Crippen LogP contribution in [-0.2, 0) is 19.2 Å². The number of carbonyl (C=O) groups excluding carboxylic acids is 6. The maximum Gasteiger partial charge on any atom is 0.253 e. The van der Waals surface area contributed by atoms with Gasteiger partial charge in [-0.1, -0.05) is 142 Å². The summed E-state index contributed by atoms with van der Waals surface area (Å²) >= 11 is 0. The van der Waals surface area contributed by atoms with E-state index in [9.17, 15) is 28.8 Å². The molecule has 3 aliphatic carbocycles. The van der Waals surface area contributed by atoms with Crippen molar-refractivity contribution in [1.82, 2.24) is 31.1 Å². The second-order valence-electron chi connectivity index (χ2n) is 21.3. The van der Waals surface area contributed by atoms with Crippen molar-refractivity contribution in [3.8, 4) is 12.3 Å². The van der Waals surface area contributed by atoms with Gasteiger partial charge in [-0.15, -0.1) is 12.3 Å². The fourth-order valence-electron chi connectivity index (χ4n) is 11.4. The highest BCUT2D eigenvalue weighted by Crippen LogP contribution is 2.44. The summed E-state index contributed by atoms with van der Waals surface area (Å²) in [5.41, 5.74) is 4.15. The number of benzene rings is 4. The van der Waals surface area contributed by atoms with Crippen LogP contribution in [-0.4, -0.2) is 96.1 Å². The quantitative estimate of drug-likeness (QED) is 0.0411. The summed E-state index contributed by atoms with van der Waals surface area (Å²) in [5, 5.41) is 12.7. The molecule has 2 aliphatic heterocycles. The molecular weight excluding hydrogens is 913 g/mol. The van der Waals surface area contributed by atoms with Gasteiger partial charge in [0.25, 0.3) is 11.8 Å². The highest BCUT2D eigenvalue weighted by Gasteiger charge is 2.50. The number of unbranched alkanes of at least 4 members (excludes halogenated alkanes) is 10. The highest BCUT2D eigenvalue weighted by atomic mass is 16.2. The Morgan fingerprint density at radius 3 is 1.08 bits per heavy atom. The Morgan fingerprint density at radius 1 is 0.425 bits per heavy atom. The molecule has 0 unspecified atom stereocenters.